The van der Waals surface area contributed by atoms with E-state index in [9.17, 15) is 4.79 Å². The normalized spacial score (nSPS) is 19.5. The van der Waals surface area contributed by atoms with Crippen molar-refractivity contribution >= 4 is 50.0 Å². The Morgan fingerprint density at radius 2 is 1.94 bits per heavy atom. The van der Waals surface area contributed by atoms with Crippen LogP contribution in [0.3, 0.4) is 0 Å². The topological polar surface area (TPSA) is 73.3 Å². The smallest absolute Gasteiger partial charge is 0.308 e. The summed E-state index contributed by atoms with van der Waals surface area (Å²) in [5.74, 6) is 2.62. The Morgan fingerprint density at radius 1 is 1.19 bits per heavy atom. The van der Waals surface area contributed by atoms with E-state index in [1.807, 2.05) is 13.0 Å². The summed E-state index contributed by atoms with van der Waals surface area (Å²) >= 11 is 5.25. The Labute approximate surface area is 200 Å². The lowest BCUT2D eigenvalue weighted by Crippen LogP contribution is -2.22. The minimum Gasteiger partial charge on any atom is -0.496 e. The van der Waals surface area contributed by atoms with Gasteiger partial charge in [0.25, 0.3) is 0 Å². The molecule has 0 bridgehead atoms. The van der Waals surface area contributed by atoms with Gasteiger partial charge in [-0.3, -0.25) is 4.79 Å². The molecule has 1 saturated carbocycles. The van der Waals surface area contributed by atoms with Crippen molar-refractivity contribution in [2.75, 3.05) is 19.5 Å². The third-order valence-electron chi connectivity index (χ3n) is 6.23. The first-order valence-corrected chi connectivity index (χ1v) is 12.5. The van der Waals surface area contributed by atoms with Gasteiger partial charge in [-0.25, -0.2) is 9.97 Å². The Morgan fingerprint density at radius 3 is 2.56 bits per heavy atom. The molecule has 2 heterocycles. The Balaban J connectivity index is 1.68. The number of hydrogen-bond acceptors (Lipinski definition) is 7. The van der Waals surface area contributed by atoms with Crippen LogP contribution in [0, 0.1) is 12.8 Å². The molecule has 3 aromatic rings. The average molecular weight is 518 g/mol. The molecule has 6 nitrogen and oxygen atoms in total. The molecule has 1 aromatic carbocycles. The second kappa shape index (κ2) is 9.75. The van der Waals surface area contributed by atoms with Gasteiger partial charge >= 0.3 is 5.97 Å². The number of thiophene rings is 1. The highest BCUT2D eigenvalue weighted by Crippen LogP contribution is 2.42. The molecule has 0 aliphatic heterocycles. The number of halogens is 1. The molecule has 170 valence electrons. The molecule has 1 aliphatic carbocycles. The molecule has 0 radical (unpaired) electrons. The molecule has 0 amide bonds. The van der Waals surface area contributed by atoms with Crippen molar-refractivity contribution in [1.29, 1.82) is 0 Å². The Kier molecular flexibility index (Phi) is 7.00. The fraction of sp³-hybridized carbons (Fsp3) is 0.458. The Hall–Kier alpha value is -2.19. The number of hydrogen-bond donors (Lipinski definition) is 1. The maximum atomic E-state index is 11.9. The first-order chi connectivity index (χ1) is 15.4. The number of carbonyl (C=O) groups excluding carboxylic acids is 1. The van der Waals surface area contributed by atoms with Crippen molar-refractivity contribution in [2.24, 2.45) is 5.92 Å². The molecule has 1 fully saturated rings. The number of ether oxygens (including phenoxy) is 2. The number of carbonyl (C=O) groups is 1. The molecule has 1 atom stereocenters. The van der Waals surface area contributed by atoms with E-state index >= 15 is 0 Å². The Bertz CT molecular complexity index is 1130. The third-order valence-corrected chi connectivity index (χ3v) is 8.10. The summed E-state index contributed by atoms with van der Waals surface area (Å²) in [4.78, 5) is 22.6. The lowest BCUT2D eigenvalue weighted by atomic mass is 9.78. The molecular weight excluding hydrogens is 490 g/mol. The number of esters is 1. The highest BCUT2D eigenvalue weighted by molar-refractivity contribution is 9.10. The summed E-state index contributed by atoms with van der Waals surface area (Å²) in [5, 5.41) is 6.67. The minimum absolute atomic E-state index is 0.00289. The van der Waals surface area contributed by atoms with E-state index in [0.29, 0.717) is 11.7 Å². The summed E-state index contributed by atoms with van der Waals surface area (Å²) in [7, 11) is 3.17. The second-order valence-electron chi connectivity index (χ2n) is 8.34. The number of benzene rings is 1. The van der Waals surface area contributed by atoms with Crippen LogP contribution >= 0.6 is 27.3 Å². The maximum Gasteiger partial charge on any atom is 0.308 e. The fourth-order valence-corrected chi connectivity index (χ4v) is 5.99. The highest BCUT2D eigenvalue weighted by Gasteiger charge is 2.29. The van der Waals surface area contributed by atoms with Crippen molar-refractivity contribution in [3.05, 3.63) is 44.3 Å². The van der Waals surface area contributed by atoms with Gasteiger partial charge in [0.1, 0.15) is 17.4 Å². The monoisotopic (exact) mass is 517 g/mol. The number of aromatic nitrogens is 2. The zero-order valence-electron chi connectivity index (χ0n) is 18.8. The van der Waals surface area contributed by atoms with Crippen LogP contribution in [-0.2, 0) is 9.53 Å². The van der Waals surface area contributed by atoms with Gasteiger partial charge < -0.3 is 14.8 Å². The van der Waals surface area contributed by atoms with E-state index in [-0.39, 0.29) is 17.9 Å². The van der Waals surface area contributed by atoms with E-state index in [2.05, 4.69) is 50.7 Å². The largest absolute Gasteiger partial charge is 0.496 e. The quantitative estimate of drug-likeness (QED) is 0.381. The lowest BCUT2D eigenvalue weighted by Gasteiger charge is -2.28. The average Bonchev–Trinajstić information content (AvgIpc) is 3.24. The summed E-state index contributed by atoms with van der Waals surface area (Å²) in [5.41, 5.74) is 2.02. The molecule has 4 rings (SSSR count). The van der Waals surface area contributed by atoms with Crippen LogP contribution in [0.4, 0.5) is 5.82 Å². The summed E-state index contributed by atoms with van der Waals surface area (Å²) < 4.78 is 11.8. The van der Waals surface area contributed by atoms with Gasteiger partial charge in [-0.05, 0) is 79.1 Å². The number of fused-ring (bicyclic) bond motifs is 1. The van der Waals surface area contributed by atoms with Crippen molar-refractivity contribution in [2.45, 2.75) is 51.5 Å². The molecular formula is C24H28BrN3O3S. The number of rotatable bonds is 6. The molecule has 1 aliphatic rings. The second-order valence-corrected chi connectivity index (χ2v) is 10.2. The lowest BCUT2D eigenvalue weighted by molar-refractivity contribution is -0.146. The summed E-state index contributed by atoms with van der Waals surface area (Å²) in [6, 6.07) is 6.44. The van der Waals surface area contributed by atoms with Crippen LogP contribution < -0.4 is 10.1 Å². The first kappa shape index (κ1) is 23.0. The number of anilines is 1. The number of methoxy groups -OCH3 is 2. The molecule has 0 spiro atoms. The molecule has 32 heavy (non-hydrogen) atoms. The van der Waals surface area contributed by atoms with E-state index in [4.69, 9.17) is 14.5 Å². The number of aryl methyl sites for hydroxylation is 1. The van der Waals surface area contributed by atoms with Crippen LogP contribution in [-0.4, -0.2) is 30.2 Å². The van der Waals surface area contributed by atoms with Crippen molar-refractivity contribution < 1.29 is 14.3 Å². The third kappa shape index (κ3) is 4.76. The zero-order valence-corrected chi connectivity index (χ0v) is 21.2. The SMILES string of the molecule is COC(=O)C1CCC(c2cc3c(N[C@H](C)c4cc(Br)cs4)nc(C)nc3cc2OC)CC1. The van der Waals surface area contributed by atoms with E-state index in [1.165, 1.54) is 12.0 Å². The van der Waals surface area contributed by atoms with Gasteiger partial charge in [0.2, 0.25) is 0 Å². The predicted molar refractivity (Wildman–Crippen MR) is 132 cm³/mol. The van der Waals surface area contributed by atoms with Crippen LogP contribution in [0.2, 0.25) is 0 Å². The molecule has 8 heteroatoms. The van der Waals surface area contributed by atoms with Gasteiger partial charge in [-0.2, -0.15) is 0 Å². The van der Waals surface area contributed by atoms with Crippen molar-refractivity contribution in [3.63, 3.8) is 0 Å². The number of nitrogens with one attached hydrogen (secondary N) is 1. The number of nitrogens with zero attached hydrogens (tertiary/aromatic N) is 2. The standard InChI is InChI=1S/C24H28BrN3O3S/c1-13(22-9-17(25)12-32-22)26-23-19-10-18(15-5-7-16(8-6-15)24(29)31-4)21(30-3)11-20(19)27-14(2)28-23/h9-13,15-16H,5-8H2,1-4H3,(H,26,27,28)/t13-,15?,16?/m1/s1. The molecule has 1 N–H and O–H groups in total. The molecule has 2 aromatic heterocycles. The summed E-state index contributed by atoms with van der Waals surface area (Å²) in [6.07, 6.45) is 3.52. The summed E-state index contributed by atoms with van der Waals surface area (Å²) in [6.45, 7) is 4.05. The van der Waals surface area contributed by atoms with Gasteiger partial charge in [0, 0.05) is 26.2 Å². The van der Waals surface area contributed by atoms with Crippen LogP contribution in [0.25, 0.3) is 10.9 Å². The molecule has 0 saturated heterocycles. The van der Waals surface area contributed by atoms with E-state index < -0.39 is 0 Å². The van der Waals surface area contributed by atoms with Gasteiger partial charge in [0.15, 0.2) is 0 Å². The van der Waals surface area contributed by atoms with Crippen molar-refractivity contribution in [1.82, 2.24) is 9.97 Å². The zero-order chi connectivity index (χ0) is 22.8. The first-order valence-electron chi connectivity index (χ1n) is 10.8. The van der Waals surface area contributed by atoms with Gasteiger partial charge in [-0.15, -0.1) is 11.3 Å². The van der Waals surface area contributed by atoms with E-state index in [1.54, 1.807) is 18.4 Å². The fourth-order valence-electron chi connectivity index (χ4n) is 4.53. The molecule has 0 unspecified atom stereocenters. The predicted octanol–water partition coefficient (Wildman–Crippen LogP) is 6.39. The van der Waals surface area contributed by atoms with E-state index in [0.717, 1.165) is 58.2 Å². The van der Waals surface area contributed by atoms with Crippen LogP contribution in [0.15, 0.2) is 28.1 Å². The van der Waals surface area contributed by atoms with Gasteiger partial charge in [-0.1, -0.05) is 0 Å². The maximum absolute atomic E-state index is 11.9. The van der Waals surface area contributed by atoms with Crippen LogP contribution in [0.5, 0.6) is 5.75 Å². The highest BCUT2D eigenvalue weighted by atomic mass is 79.9. The van der Waals surface area contributed by atoms with Gasteiger partial charge in [0.05, 0.1) is 31.7 Å². The van der Waals surface area contributed by atoms with Crippen LogP contribution in [0.1, 0.15) is 60.8 Å². The van der Waals surface area contributed by atoms with Crippen molar-refractivity contribution in [3.8, 4) is 5.75 Å². The minimum atomic E-state index is -0.0986.